The molecule has 0 saturated heterocycles. The van der Waals surface area contributed by atoms with Gasteiger partial charge in [0.15, 0.2) is 0 Å². The van der Waals surface area contributed by atoms with Crippen molar-refractivity contribution in [1.82, 2.24) is 30.8 Å². The zero-order valence-electron chi connectivity index (χ0n) is 17.6. The maximum absolute atomic E-state index is 12.8. The van der Waals surface area contributed by atoms with Gasteiger partial charge in [-0.1, -0.05) is 31.0 Å². The number of amides is 2. The van der Waals surface area contributed by atoms with Gasteiger partial charge in [-0.2, -0.15) is 0 Å². The first-order valence-corrected chi connectivity index (χ1v) is 11.5. The second-order valence-electron chi connectivity index (χ2n) is 7.58. The summed E-state index contributed by atoms with van der Waals surface area (Å²) in [6.07, 6.45) is 5.67. The predicted molar refractivity (Wildman–Crippen MR) is 112 cm³/mol. The highest BCUT2D eigenvalue weighted by Gasteiger charge is 2.35. The molecule has 166 valence electrons. The quantitative estimate of drug-likeness (QED) is 0.491. The SMILES string of the molecule is CCOC(=O)C1=C(CSc2nnnn2C2CCCCC2)NC(=O)N[C@@H]1c1ccc(C)o1. The lowest BCUT2D eigenvalue weighted by molar-refractivity contribution is -0.139. The Bertz CT molecular complexity index is 978. The van der Waals surface area contributed by atoms with Crippen molar-refractivity contribution in [2.75, 3.05) is 12.4 Å². The molecule has 0 aromatic carbocycles. The Morgan fingerprint density at radius 2 is 2.13 bits per heavy atom. The van der Waals surface area contributed by atoms with E-state index in [1.54, 1.807) is 19.1 Å². The number of thioether (sulfide) groups is 1. The molecule has 2 aliphatic rings. The molecule has 2 N–H and O–H groups in total. The van der Waals surface area contributed by atoms with Crippen LogP contribution in [0.25, 0.3) is 0 Å². The Kier molecular flexibility index (Phi) is 6.59. The lowest BCUT2D eigenvalue weighted by Gasteiger charge is -2.28. The maximum atomic E-state index is 12.8. The number of aromatic nitrogens is 4. The first-order chi connectivity index (χ1) is 15.1. The lowest BCUT2D eigenvalue weighted by Crippen LogP contribution is -2.46. The lowest BCUT2D eigenvalue weighted by atomic mass is 9.96. The second-order valence-corrected chi connectivity index (χ2v) is 8.52. The molecular weight excluding hydrogens is 420 g/mol. The van der Waals surface area contributed by atoms with Gasteiger partial charge >= 0.3 is 12.0 Å². The van der Waals surface area contributed by atoms with Crippen molar-refractivity contribution in [2.45, 2.75) is 63.2 Å². The highest BCUT2D eigenvalue weighted by Crippen LogP contribution is 2.33. The minimum atomic E-state index is -0.730. The van der Waals surface area contributed by atoms with Crippen molar-refractivity contribution in [3.8, 4) is 0 Å². The summed E-state index contributed by atoms with van der Waals surface area (Å²) in [5, 5.41) is 18.4. The van der Waals surface area contributed by atoms with Crippen molar-refractivity contribution in [2.24, 2.45) is 0 Å². The largest absolute Gasteiger partial charge is 0.464 e. The third-order valence-corrected chi connectivity index (χ3v) is 6.38. The summed E-state index contributed by atoms with van der Waals surface area (Å²) < 4.78 is 12.8. The highest BCUT2D eigenvalue weighted by molar-refractivity contribution is 7.99. The summed E-state index contributed by atoms with van der Waals surface area (Å²) in [7, 11) is 0. The van der Waals surface area contributed by atoms with Gasteiger partial charge in [0, 0.05) is 11.4 Å². The Morgan fingerprint density at radius 1 is 1.32 bits per heavy atom. The van der Waals surface area contributed by atoms with Gasteiger partial charge in [-0.05, 0) is 49.2 Å². The van der Waals surface area contributed by atoms with Gasteiger partial charge < -0.3 is 19.8 Å². The number of esters is 1. The smallest absolute Gasteiger partial charge is 0.338 e. The first-order valence-electron chi connectivity index (χ1n) is 10.5. The van der Waals surface area contributed by atoms with Crippen LogP contribution in [0.5, 0.6) is 0 Å². The highest BCUT2D eigenvalue weighted by atomic mass is 32.2. The molecule has 4 rings (SSSR count). The van der Waals surface area contributed by atoms with Crippen molar-refractivity contribution in [1.29, 1.82) is 0 Å². The van der Waals surface area contributed by atoms with Crippen LogP contribution < -0.4 is 10.6 Å². The summed E-state index contributed by atoms with van der Waals surface area (Å²) in [6, 6.07) is 2.69. The van der Waals surface area contributed by atoms with Crippen LogP contribution in [0, 0.1) is 6.92 Å². The third kappa shape index (κ3) is 4.76. The van der Waals surface area contributed by atoms with E-state index in [0.717, 1.165) is 12.8 Å². The van der Waals surface area contributed by atoms with Crippen molar-refractivity contribution in [3.63, 3.8) is 0 Å². The molecule has 0 spiro atoms. The van der Waals surface area contributed by atoms with E-state index in [2.05, 4.69) is 26.2 Å². The number of nitrogens with one attached hydrogen (secondary N) is 2. The molecule has 1 atom stereocenters. The summed E-state index contributed by atoms with van der Waals surface area (Å²) in [6.45, 7) is 3.77. The number of nitrogens with zero attached hydrogens (tertiary/aromatic N) is 4. The number of urea groups is 1. The summed E-state index contributed by atoms with van der Waals surface area (Å²) in [4.78, 5) is 25.2. The van der Waals surface area contributed by atoms with Crippen molar-refractivity contribution >= 4 is 23.8 Å². The third-order valence-electron chi connectivity index (χ3n) is 5.42. The number of rotatable bonds is 7. The van der Waals surface area contributed by atoms with Crippen molar-refractivity contribution < 1.29 is 18.7 Å². The number of hydrogen-bond donors (Lipinski definition) is 2. The Morgan fingerprint density at radius 3 is 2.84 bits per heavy atom. The number of carbonyl (C=O) groups is 2. The van der Waals surface area contributed by atoms with Gasteiger partial charge in [-0.25, -0.2) is 14.3 Å². The first kappa shape index (κ1) is 21.4. The molecule has 2 aromatic heterocycles. The number of ether oxygens (including phenoxy) is 1. The van der Waals surface area contributed by atoms with E-state index < -0.39 is 18.0 Å². The molecule has 3 heterocycles. The van der Waals surface area contributed by atoms with Crippen LogP contribution in [-0.2, 0) is 9.53 Å². The predicted octanol–water partition coefficient (Wildman–Crippen LogP) is 3.04. The van der Waals surface area contributed by atoms with Gasteiger partial charge in [-0.3, -0.25) is 0 Å². The number of hydrogen-bond acceptors (Lipinski definition) is 8. The molecule has 2 aromatic rings. The maximum Gasteiger partial charge on any atom is 0.338 e. The Hall–Kier alpha value is -2.82. The molecule has 1 fully saturated rings. The molecular formula is C20H26N6O4S. The fraction of sp³-hybridized carbons (Fsp3) is 0.550. The fourth-order valence-electron chi connectivity index (χ4n) is 3.98. The summed E-state index contributed by atoms with van der Waals surface area (Å²) in [5.74, 6) is 0.972. The van der Waals surface area contributed by atoms with Crippen molar-refractivity contribution in [3.05, 3.63) is 34.9 Å². The fourth-order valence-corrected chi connectivity index (χ4v) is 4.89. The van der Waals surface area contributed by atoms with Gasteiger partial charge in [0.1, 0.15) is 17.6 Å². The van der Waals surface area contributed by atoms with E-state index in [1.807, 2.05) is 11.6 Å². The number of aryl methyl sites for hydroxylation is 1. The van der Waals surface area contributed by atoms with Crippen LogP contribution in [0.1, 0.15) is 62.6 Å². The van der Waals surface area contributed by atoms with E-state index in [-0.39, 0.29) is 12.6 Å². The molecule has 1 saturated carbocycles. The molecule has 10 nitrogen and oxygen atoms in total. The van der Waals surface area contributed by atoms with Crippen LogP contribution >= 0.6 is 11.8 Å². The second kappa shape index (κ2) is 9.54. The van der Waals surface area contributed by atoms with E-state index >= 15 is 0 Å². The molecule has 0 unspecified atom stereocenters. The molecule has 1 aliphatic heterocycles. The normalized spacial score (nSPS) is 19.8. The van der Waals surface area contributed by atoms with Gasteiger partial charge in [0.2, 0.25) is 5.16 Å². The van der Waals surface area contributed by atoms with Gasteiger partial charge in [-0.15, -0.1) is 5.10 Å². The Balaban J connectivity index is 1.61. The van der Waals surface area contributed by atoms with Gasteiger partial charge in [0.25, 0.3) is 0 Å². The summed E-state index contributed by atoms with van der Waals surface area (Å²) >= 11 is 1.39. The Labute approximate surface area is 184 Å². The molecule has 0 bridgehead atoms. The van der Waals surface area contributed by atoms with Crippen LogP contribution in [0.3, 0.4) is 0 Å². The molecule has 31 heavy (non-hydrogen) atoms. The molecule has 0 radical (unpaired) electrons. The topological polar surface area (TPSA) is 124 Å². The molecule has 1 aliphatic carbocycles. The molecule has 2 amide bonds. The van der Waals surface area contributed by atoms with E-state index in [4.69, 9.17) is 9.15 Å². The monoisotopic (exact) mass is 446 g/mol. The van der Waals surface area contributed by atoms with E-state index in [9.17, 15) is 9.59 Å². The number of furan rings is 1. The van der Waals surface area contributed by atoms with E-state index in [1.165, 1.54) is 31.0 Å². The number of carbonyl (C=O) groups excluding carboxylic acids is 2. The minimum Gasteiger partial charge on any atom is -0.464 e. The zero-order valence-corrected chi connectivity index (χ0v) is 18.4. The average molecular weight is 447 g/mol. The van der Waals surface area contributed by atoms with E-state index in [0.29, 0.717) is 33.7 Å². The minimum absolute atomic E-state index is 0.223. The van der Waals surface area contributed by atoms with Crippen LogP contribution in [0.4, 0.5) is 4.79 Å². The zero-order chi connectivity index (χ0) is 21.8. The van der Waals surface area contributed by atoms with Crippen LogP contribution in [0.15, 0.2) is 33.0 Å². The van der Waals surface area contributed by atoms with Gasteiger partial charge in [0.05, 0.1) is 18.2 Å². The summed E-state index contributed by atoms with van der Waals surface area (Å²) in [5.41, 5.74) is 0.782. The van der Waals surface area contributed by atoms with Crippen LogP contribution in [-0.4, -0.2) is 44.6 Å². The number of tetrazole rings is 1. The standard InChI is InChI=1S/C20H26N6O4S/c1-3-29-18(27)16-14(21-19(28)22-17(16)15-10-9-12(2)30-15)11-31-20-23-24-25-26(20)13-7-5-4-6-8-13/h9-10,13,17H,3-8,11H2,1-2H3,(H2,21,22,28)/t17-/m1/s1. The molecule has 11 heteroatoms. The average Bonchev–Trinajstić information content (AvgIpc) is 3.41. The van der Waals surface area contributed by atoms with Crippen LogP contribution in [0.2, 0.25) is 0 Å².